The second-order valence-electron chi connectivity index (χ2n) is 6.12. The number of rotatable bonds is 6. The van der Waals surface area contributed by atoms with E-state index in [2.05, 4.69) is 79.8 Å². The predicted molar refractivity (Wildman–Crippen MR) is 96.0 cm³/mol. The molecular weight excluding hydrogens is 264 g/mol. The third kappa shape index (κ3) is 3.76. The third-order valence-corrected chi connectivity index (χ3v) is 4.37. The van der Waals surface area contributed by atoms with Crippen LogP contribution in [-0.4, -0.2) is 0 Å². The topological polar surface area (TPSA) is 0 Å². The van der Waals surface area contributed by atoms with Crippen LogP contribution >= 0.6 is 0 Å². The van der Waals surface area contributed by atoms with Crippen LogP contribution in [0.3, 0.4) is 0 Å². The highest BCUT2D eigenvalue weighted by Gasteiger charge is 2.04. The molecule has 0 fully saturated rings. The molecule has 0 heteroatoms. The lowest BCUT2D eigenvalue weighted by atomic mass is 9.98. The molecule has 0 aromatic heterocycles. The van der Waals surface area contributed by atoms with Crippen molar-refractivity contribution in [1.29, 1.82) is 0 Å². The quantitative estimate of drug-likeness (QED) is 0.613. The molecule has 0 atom stereocenters. The van der Waals surface area contributed by atoms with Gasteiger partial charge in [0.15, 0.2) is 0 Å². The van der Waals surface area contributed by atoms with Gasteiger partial charge in [-0.3, -0.25) is 0 Å². The molecule has 0 amide bonds. The Kier molecular flexibility index (Phi) is 4.90. The maximum absolute atomic E-state index is 2.28. The normalized spacial score (nSPS) is 13.9. The molecule has 22 heavy (non-hydrogen) atoms. The zero-order chi connectivity index (χ0) is 15.2. The molecule has 112 valence electrons. The minimum Gasteiger partial charge on any atom is -0.0776 e. The van der Waals surface area contributed by atoms with Crippen molar-refractivity contribution in [2.75, 3.05) is 0 Å². The standard InChI is InChI=1S/C22H24/c1-2-5-18-10-14-21(15-11-18)22-16-12-20(13-17-22)9-8-19-6-3-4-7-19/h3-4,6-7,10-17,19H,2,5,8-9H2,1H3. The van der Waals surface area contributed by atoms with E-state index in [0.29, 0.717) is 5.92 Å². The lowest BCUT2D eigenvalue weighted by Gasteiger charge is -2.07. The third-order valence-electron chi connectivity index (χ3n) is 4.37. The number of aryl methyl sites for hydroxylation is 2. The molecule has 0 bridgehead atoms. The first kappa shape index (κ1) is 14.8. The van der Waals surface area contributed by atoms with E-state index in [1.165, 1.54) is 41.5 Å². The molecule has 2 aromatic rings. The fraction of sp³-hybridized carbons (Fsp3) is 0.273. The van der Waals surface area contributed by atoms with Crippen molar-refractivity contribution < 1.29 is 0 Å². The first-order chi connectivity index (χ1) is 10.8. The van der Waals surface area contributed by atoms with Crippen LogP contribution in [0.2, 0.25) is 0 Å². The lowest BCUT2D eigenvalue weighted by molar-refractivity contribution is 0.716. The fourth-order valence-electron chi connectivity index (χ4n) is 3.02. The number of allylic oxidation sites excluding steroid dienone is 4. The van der Waals surface area contributed by atoms with E-state index < -0.39 is 0 Å². The summed E-state index contributed by atoms with van der Waals surface area (Å²) in [5.41, 5.74) is 5.49. The van der Waals surface area contributed by atoms with Gasteiger partial charge in [-0.2, -0.15) is 0 Å². The van der Waals surface area contributed by atoms with Gasteiger partial charge in [0.05, 0.1) is 0 Å². The number of hydrogen-bond donors (Lipinski definition) is 0. The Labute approximate surface area is 134 Å². The molecule has 0 radical (unpaired) electrons. The summed E-state index contributed by atoms with van der Waals surface area (Å²) in [5.74, 6) is 0.630. The molecule has 0 heterocycles. The van der Waals surface area contributed by atoms with Crippen LogP contribution in [0.15, 0.2) is 72.8 Å². The first-order valence-corrected chi connectivity index (χ1v) is 8.38. The fourth-order valence-corrected chi connectivity index (χ4v) is 3.02. The monoisotopic (exact) mass is 288 g/mol. The van der Waals surface area contributed by atoms with Gasteiger partial charge in [0.2, 0.25) is 0 Å². The highest BCUT2D eigenvalue weighted by atomic mass is 14.1. The van der Waals surface area contributed by atoms with Gasteiger partial charge in [0, 0.05) is 0 Å². The summed E-state index contributed by atoms with van der Waals surface area (Å²) < 4.78 is 0. The highest BCUT2D eigenvalue weighted by molar-refractivity contribution is 5.64. The van der Waals surface area contributed by atoms with Gasteiger partial charge in [0.25, 0.3) is 0 Å². The smallest absolute Gasteiger partial charge is 0.00441 e. The van der Waals surface area contributed by atoms with E-state index in [4.69, 9.17) is 0 Å². The van der Waals surface area contributed by atoms with Gasteiger partial charge >= 0.3 is 0 Å². The van der Waals surface area contributed by atoms with Gasteiger partial charge < -0.3 is 0 Å². The Morgan fingerprint density at radius 3 is 1.68 bits per heavy atom. The van der Waals surface area contributed by atoms with Crippen LogP contribution in [0.4, 0.5) is 0 Å². The molecule has 0 spiro atoms. The van der Waals surface area contributed by atoms with Crippen LogP contribution in [0, 0.1) is 5.92 Å². The van der Waals surface area contributed by atoms with Crippen molar-refractivity contribution in [1.82, 2.24) is 0 Å². The van der Waals surface area contributed by atoms with Crippen LogP contribution in [0.5, 0.6) is 0 Å². The van der Waals surface area contributed by atoms with Crippen LogP contribution in [0.1, 0.15) is 30.9 Å². The molecule has 0 N–H and O–H groups in total. The van der Waals surface area contributed by atoms with E-state index in [0.717, 1.165) is 6.42 Å². The number of hydrogen-bond acceptors (Lipinski definition) is 0. The van der Waals surface area contributed by atoms with E-state index in [1.807, 2.05) is 0 Å². The first-order valence-electron chi connectivity index (χ1n) is 8.38. The highest BCUT2D eigenvalue weighted by Crippen LogP contribution is 2.22. The van der Waals surface area contributed by atoms with Crippen molar-refractivity contribution >= 4 is 0 Å². The molecule has 2 aromatic carbocycles. The van der Waals surface area contributed by atoms with Crippen molar-refractivity contribution in [3.63, 3.8) is 0 Å². The van der Waals surface area contributed by atoms with Gasteiger partial charge in [-0.25, -0.2) is 0 Å². The molecular formula is C22H24. The maximum atomic E-state index is 2.28. The minimum atomic E-state index is 0.630. The zero-order valence-corrected chi connectivity index (χ0v) is 13.3. The Balaban J connectivity index is 1.62. The molecule has 0 aliphatic heterocycles. The molecule has 1 aliphatic rings. The summed E-state index contributed by atoms with van der Waals surface area (Å²) in [6, 6.07) is 18.1. The van der Waals surface area contributed by atoms with Crippen LogP contribution < -0.4 is 0 Å². The predicted octanol–water partition coefficient (Wildman–Crippen LogP) is 5.98. The van der Waals surface area contributed by atoms with E-state index in [1.54, 1.807) is 0 Å². The van der Waals surface area contributed by atoms with E-state index in [9.17, 15) is 0 Å². The maximum Gasteiger partial charge on any atom is -0.00441 e. The summed E-state index contributed by atoms with van der Waals surface area (Å²) in [4.78, 5) is 0. The van der Waals surface area contributed by atoms with Gasteiger partial charge in [0.1, 0.15) is 0 Å². The van der Waals surface area contributed by atoms with E-state index in [-0.39, 0.29) is 0 Å². The second-order valence-corrected chi connectivity index (χ2v) is 6.12. The molecule has 0 unspecified atom stereocenters. The van der Waals surface area contributed by atoms with Gasteiger partial charge in [-0.1, -0.05) is 86.2 Å². The van der Waals surface area contributed by atoms with Crippen molar-refractivity contribution in [2.24, 2.45) is 5.92 Å². The number of benzene rings is 2. The van der Waals surface area contributed by atoms with Gasteiger partial charge in [-0.15, -0.1) is 0 Å². The average molecular weight is 288 g/mol. The second kappa shape index (κ2) is 7.26. The molecule has 1 aliphatic carbocycles. The largest absolute Gasteiger partial charge is 0.0776 e. The SMILES string of the molecule is CCCc1ccc(-c2ccc(CCC3C=CC=C3)cc2)cc1. The van der Waals surface area contributed by atoms with Crippen molar-refractivity contribution in [2.45, 2.75) is 32.6 Å². The van der Waals surface area contributed by atoms with Crippen molar-refractivity contribution in [3.8, 4) is 11.1 Å². The van der Waals surface area contributed by atoms with E-state index >= 15 is 0 Å². The Hall–Kier alpha value is -2.08. The Morgan fingerprint density at radius 1 is 0.682 bits per heavy atom. The lowest BCUT2D eigenvalue weighted by Crippen LogP contribution is -1.93. The van der Waals surface area contributed by atoms with Crippen LogP contribution in [-0.2, 0) is 12.8 Å². The zero-order valence-electron chi connectivity index (χ0n) is 13.3. The van der Waals surface area contributed by atoms with Crippen LogP contribution in [0.25, 0.3) is 11.1 Å². The summed E-state index contributed by atoms with van der Waals surface area (Å²) in [6.07, 6.45) is 13.6. The summed E-state index contributed by atoms with van der Waals surface area (Å²) in [5, 5.41) is 0. The molecule has 0 saturated heterocycles. The summed E-state index contributed by atoms with van der Waals surface area (Å²) in [7, 11) is 0. The Morgan fingerprint density at radius 2 is 1.18 bits per heavy atom. The average Bonchev–Trinajstić information content (AvgIpc) is 3.08. The van der Waals surface area contributed by atoms with Crippen molar-refractivity contribution in [3.05, 3.63) is 84.0 Å². The molecule has 0 nitrogen and oxygen atoms in total. The molecule has 3 rings (SSSR count). The summed E-state index contributed by atoms with van der Waals surface area (Å²) >= 11 is 0. The minimum absolute atomic E-state index is 0.630. The van der Waals surface area contributed by atoms with Gasteiger partial charge in [-0.05, 0) is 47.4 Å². The Bertz CT molecular complexity index is 629. The molecule has 0 saturated carbocycles. The summed E-state index contributed by atoms with van der Waals surface area (Å²) in [6.45, 7) is 2.23.